The average Bonchev–Trinajstić information content (AvgIpc) is 0.852. The second-order valence-electron chi connectivity index (χ2n) is 19.9. The van der Waals surface area contributed by atoms with E-state index in [9.17, 15) is 112 Å². The van der Waals surface area contributed by atoms with Crippen LogP contribution in [-0.4, -0.2) is 173 Å². The Morgan fingerprint density at radius 3 is 0.875 bits per heavy atom. The molecule has 41 heteroatoms. The summed E-state index contributed by atoms with van der Waals surface area (Å²) in [5.74, 6) is -0.606. The van der Waals surface area contributed by atoms with Crippen molar-refractivity contribution in [1.29, 1.82) is 0 Å². The second kappa shape index (κ2) is 31.9. The number of nitrogens with zero attached hydrogens (tertiary/aromatic N) is 6. The summed E-state index contributed by atoms with van der Waals surface area (Å²) in [6.45, 7) is -5.42. The maximum atomic E-state index is 14.1. The van der Waals surface area contributed by atoms with Gasteiger partial charge in [0, 0.05) is 65.3 Å². The van der Waals surface area contributed by atoms with Crippen LogP contribution in [0, 0.1) is 0 Å². The number of halogens is 13. The van der Waals surface area contributed by atoms with Crippen LogP contribution in [0.1, 0.15) is 12.8 Å². The molecule has 6 aromatic carbocycles. The van der Waals surface area contributed by atoms with Gasteiger partial charge in [-0.15, -0.1) is 0 Å². The molecule has 9 rings (SSSR count). The molecule has 3 fully saturated rings. The Morgan fingerprint density at radius 1 is 0.385 bits per heavy atom. The van der Waals surface area contributed by atoms with Crippen LogP contribution >= 0.6 is 0 Å². The van der Waals surface area contributed by atoms with E-state index in [1.807, 2.05) is 0 Å². The Bertz CT molecular complexity index is 3930. The topological polar surface area (TPSA) is 272 Å². The molecule has 3 aliphatic heterocycles. The summed E-state index contributed by atoms with van der Waals surface area (Å²) < 4.78 is 297. The number of esters is 1. The van der Waals surface area contributed by atoms with E-state index in [0.717, 1.165) is 13.2 Å². The minimum atomic E-state index is -7.06. The molecule has 0 aromatic heterocycles. The van der Waals surface area contributed by atoms with Crippen molar-refractivity contribution in [3.63, 3.8) is 0 Å². The van der Waals surface area contributed by atoms with Crippen LogP contribution < -0.4 is 0 Å². The van der Waals surface area contributed by atoms with Crippen LogP contribution in [0.2, 0.25) is 0 Å². The predicted molar refractivity (Wildman–Crippen MR) is 326 cm³/mol. The fourth-order valence-corrected chi connectivity index (χ4v) is 21.5. The van der Waals surface area contributed by atoms with Crippen molar-refractivity contribution in [2.45, 2.75) is 74.6 Å². The molecule has 3 heterocycles. The molecular formula is C55H55F13N6O14S8. The summed E-state index contributed by atoms with van der Waals surface area (Å²) >= 11 is 0. The van der Waals surface area contributed by atoms with Gasteiger partial charge in [0.1, 0.15) is 6.04 Å². The van der Waals surface area contributed by atoms with Gasteiger partial charge in [-0.2, -0.15) is 65.7 Å². The van der Waals surface area contributed by atoms with Crippen LogP contribution in [0.25, 0.3) is 8.25 Å². The first-order valence-electron chi connectivity index (χ1n) is 27.3. The van der Waals surface area contributed by atoms with E-state index in [0.29, 0.717) is 0 Å². The maximum Gasteiger partial charge on any atom is 0.480 e. The molecule has 0 N–H and O–H groups in total. The number of rotatable bonds is 19. The maximum absolute atomic E-state index is 14.1. The highest BCUT2D eigenvalue weighted by Gasteiger charge is 2.60. The molecular weight excluding hydrogens is 1470 g/mol. The van der Waals surface area contributed by atoms with Crippen molar-refractivity contribution in [3.8, 4) is 0 Å². The van der Waals surface area contributed by atoms with Gasteiger partial charge in [-0.05, 0) is 72.8 Å². The minimum absolute atomic E-state index is 0.0146. The van der Waals surface area contributed by atoms with Gasteiger partial charge in [0.25, 0.3) is 20.0 Å². The Labute approximate surface area is 550 Å². The Morgan fingerprint density at radius 2 is 0.646 bits per heavy atom. The van der Waals surface area contributed by atoms with E-state index in [4.69, 9.17) is 4.74 Å². The molecule has 528 valence electrons. The number of sulfonamides is 6. The second-order valence-corrected chi connectivity index (χ2v) is 35.4. The number of ether oxygens (including phenoxy) is 1. The van der Waals surface area contributed by atoms with E-state index in [1.165, 1.54) is 34.3 Å². The number of benzene rings is 6. The van der Waals surface area contributed by atoms with E-state index in [1.54, 1.807) is 0 Å². The summed E-state index contributed by atoms with van der Waals surface area (Å²) in [5, 5.41) is 0. The molecule has 96 heavy (non-hydrogen) atoms. The molecule has 3 saturated heterocycles. The van der Waals surface area contributed by atoms with E-state index < -0.39 is 151 Å². The summed E-state index contributed by atoms with van der Waals surface area (Å²) in [6, 6.07) is 63.6. The van der Waals surface area contributed by atoms with Gasteiger partial charge in [-0.1, -0.05) is 109 Å². The third kappa shape index (κ3) is 19.7. The van der Waals surface area contributed by atoms with Gasteiger partial charge < -0.3 is 17.9 Å². The molecule has 0 spiro atoms. The average molecular weight is 1530 g/mol. The van der Waals surface area contributed by atoms with Crippen molar-refractivity contribution in [2.75, 3.05) is 65.5 Å². The predicted octanol–water partition coefficient (Wildman–Crippen LogP) is 9.91. The first-order valence-corrected chi connectivity index (χ1v) is 38.4. The van der Waals surface area contributed by atoms with Gasteiger partial charge in [0.05, 0.1) is 34.8 Å². The molecule has 20 nitrogen and oxygen atoms in total. The zero-order valence-corrected chi connectivity index (χ0v) is 55.5. The molecule has 0 saturated carbocycles. The van der Waals surface area contributed by atoms with Gasteiger partial charge in [-0.3, -0.25) is 9.69 Å². The lowest BCUT2D eigenvalue weighted by molar-refractivity contribution is -0.142. The van der Waals surface area contributed by atoms with Gasteiger partial charge >= 0.3 is 32.3 Å². The normalized spacial score (nSPS) is 17.3. The van der Waals surface area contributed by atoms with E-state index >= 15 is 0 Å². The Balaban J connectivity index is 0.000000206. The fraction of sp³-hybridized carbons (Fsp3) is 0.327. The molecule has 0 bridgehead atoms. The molecule has 3 aliphatic rings. The lowest BCUT2D eigenvalue weighted by Gasteiger charge is -2.37. The first-order chi connectivity index (χ1) is 44.5. The monoisotopic (exact) mass is 1530 g/mol. The highest BCUT2D eigenvalue weighted by atomic mass is 32.3. The van der Waals surface area contributed by atoms with Crippen molar-refractivity contribution in [1.82, 2.24) is 18.4 Å². The van der Waals surface area contributed by atoms with Crippen molar-refractivity contribution in [2.24, 2.45) is 0 Å². The molecule has 0 radical (unpaired) electrons. The largest absolute Gasteiger partial charge is 0.480 e. The number of piperazine rings is 2. The Kier molecular flexibility index (Phi) is 26.3. The summed E-state index contributed by atoms with van der Waals surface area (Å²) in [7, 11) is -40.4. The number of hydrogen-bond acceptors (Lipinski definition) is 16. The van der Waals surface area contributed by atoms with E-state index in [-0.39, 0.29) is 56.5 Å². The molecule has 1 unspecified atom stereocenters. The van der Waals surface area contributed by atoms with Crippen LogP contribution in [0.4, 0.5) is 57.1 Å². The number of carbonyl (C=O) groups excluding carboxylic acids is 1. The van der Waals surface area contributed by atoms with Crippen LogP contribution in [-0.2, 0) is 91.5 Å². The van der Waals surface area contributed by atoms with Gasteiger partial charge in [0.2, 0.25) is 0 Å². The first kappa shape index (κ1) is 79.0. The number of cyclic esters (lactones) is 1. The van der Waals surface area contributed by atoms with Crippen LogP contribution in [0.15, 0.2) is 211 Å². The highest BCUT2D eigenvalue weighted by molar-refractivity contribution is 8.19. The SMILES string of the molecule is O=C1OCCC1N1CCN(S(=O)(=O)C(F)(F)S(=O)(=O)[N-]S(=O)(=O)C(F)(F)F)CC1.O=S(=O)([N-]S(=O)(=O)C(F)(F)S(=O)(=O)N1CCN(CCC(F)(F)F)CC1)C(F)(F)F.c1ccc([S+](c2ccccc2)c2ccccc2)cc1.c1ccc([S+](c2ccccc2)c2ccccc2)cc1. The lowest BCUT2D eigenvalue weighted by Crippen LogP contribution is -2.57. The Hall–Kier alpha value is -5.96. The molecule has 0 amide bonds. The summed E-state index contributed by atoms with van der Waals surface area (Å²) in [4.78, 5) is 22.1. The van der Waals surface area contributed by atoms with Gasteiger partial charge in [0.15, 0.2) is 69.5 Å². The van der Waals surface area contributed by atoms with Gasteiger partial charge in [-0.25, -0.2) is 50.5 Å². The number of carbonyl (C=O) groups is 1. The zero-order chi connectivity index (χ0) is 71.4. The zero-order valence-electron chi connectivity index (χ0n) is 49.0. The highest BCUT2D eigenvalue weighted by Crippen LogP contribution is 2.42. The molecule has 0 aliphatic carbocycles. The summed E-state index contributed by atoms with van der Waals surface area (Å²) in [5.41, 5.74) is -12.7. The summed E-state index contributed by atoms with van der Waals surface area (Å²) in [6.07, 6.45) is -5.57. The standard InChI is InChI=1S/2C18H15S.C10H13F5N3O8S3.C9H12F8N3O6S3/c2*1-4-10-16(11-5-1)19(17-12-6-2-7-13-17)18-14-8-3-9-15-18;11-9(12,13)27(20,21)16-28(22,23)10(14,15)29(24,25)18-4-2-17(3-5-18)7-1-6-26-8(7)19;10-7(11,12)1-2-19-3-5-20(6-4-19)29(25,26)9(16,17)28(23,24)18-27(21,22)8(13,14)15/h2*1-15H;7H,1-6H2;1-6H2/q2*+1;2*-1. The van der Waals surface area contributed by atoms with Crippen LogP contribution in [0.5, 0.6) is 0 Å². The molecule has 1 atom stereocenters. The quantitative estimate of drug-likeness (QED) is 0.0414. The third-order valence-corrected chi connectivity index (χ3v) is 29.2. The fourth-order valence-electron chi connectivity index (χ4n) is 8.70. The van der Waals surface area contributed by atoms with Crippen molar-refractivity contribution in [3.05, 3.63) is 190 Å². The van der Waals surface area contributed by atoms with Crippen molar-refractivity contribution < 1.29 is 117 Å². The molecule has 6 aromatic rings. The number of alkyl halides is 13. The third-order valence-electron chi connectivity index (χ3n) is 13.4. The van der Waals surface area contributed by atoms with Crippen molar-refractivity contribution >= 4 is 87.9 Å². The smallest absolute Gasteiger partial charge is 0.464 e. The number of hydrogen-bond donors (Lipinski definition) is 0. The lowest BCUT2D eigenvalue weighted by atomic mass is 10.2. The minimum Gasteiger partial charge on any atom is -0.464 e. The van der Waals surface area contributed by atoms with E-state index in [2.05, 4.69) is 182 Å². The van der Waals surface area contributed by atoms with Crippen LogP contribution in [0.3, 0.4) is 0 Å².